The molecule has 1 fully saturated rings. The SMILES string of the molecule is CCC(C)OCCCC1CSCCO1. The van der Waals surface area contributed by atoms with Crippen LogP contribution in [0, 0.1) is 0 Å². The van der Waals surface area contributed by atoms with Gasteiger partial charge in [0.05, 0.1) is 18.8 Å². The van der Waals surface area contributed by atoms with Crippen molar-refractivity contribution in [2.45, 2.75) is 45.3 Å². The molecule has 0 amide bonds. The molecule has 0 bridgehead atoms. The molecule has 1 aliphatic rings. The lowest BCUT2D eigenvalue weighted by Crippen LogP contribution is -2.23. The highest BCUT2D eigenvalue weighted by Gasteiger charge is 2.13. The lowest BCUT2D eigenvalue weighted by Gasteiger charge is -2.22. The van der Waals surface area contributed by atoms with E-state index in [1.807, 2.05) is 11.8 Å². The summed E-state index contributed by atoms with van der Waals surface area (Å²) < 4.78 is 11.3. The summed E-state index contributed by atoms with van der Waals surface area (Å²) in [7, 11) is 0. The van der Waals surface area contributed by atoms with E-state index in [0.29, 0.717) is 12.2 Å². The molecule has 2 nitrogen and oxygen atoms in total. The van der Waals surface area contributed by atoms with Crippen molar-refractivity contribution in [1.82, 2.24) is 0 Å². The van der Waals surface area contributed by atoms with Gasteiger partial charge in [-0.15, -0.1) is 0 Å². The van der Waals surface area contributed by atoms with Crippen molar-refractivity contribution in [1.29, 1.82) is 0 Å². The Labute approximate surface area is 91.7 Å². The average molecular weight is 218 g/mol. The van der Waals surface area contributed by atoms with Crippen LogP contribution in [-0.4, -0.2) is 36.9 Å². The summed E-state index contributed by atoms with van der Waals surface area (Å²) in [5, 5.41) is 0. The monoisotopic (exact) mass is 218 g/mol. The second kappa shape index (κ2) is 7.55. The first-order chi connectivity index (χ1) is 6.83. The second-order valence-corrected chi connectivity index (χ2v) is 4.95. The zero-order valence-electron chi connectivity index (χ0n) is 9.33. The Hall–Kier alpha value is 0.270. The topological polar surface area (TPSA) is 18.5 Å². The van der Waals surface area contributed by atoms with E-state index < -0.39 is 0 Å². The van der Waals surface area contributed by atoms with E-state index in [0.717, 1.165) is 32.5 Å². The van der Waals surface area contributed by atoms with Crippen molar-refractivity contribution in [3.05, 3.63) is 0 Å². The predicted molar refractivity (Wildman–Crippen MR) is 62.0 cm³/mol. The molecule has 84 valence electrons. The zero-order valence-corrected chi connectivity index (χ0v) is 10.1. The van der Waals surface area contributed by atoms with E-state index in [9.17, 15) is 0 Å². The van der Waals surface area contributed by atoms with Gasteiger partial charge < -0.3 is 9.47 Å². The molecule has 14 heavy (non-hydrogen) atoms. The van der Waals surface area contributed by atoms with Crippen LogP contribution >= 0.6 is 11.8 Å². The Morgan fingerprint density at radius 1 is 1.57 bits per heavy atom. The van der Waals surface area contributed by atoms with Gasteiger partial charge in [0.1, 0.15) is 0 Å². The van der Waals surface area contributed by atoms with E-state index in [1.54, 1.807) is 0 Å². The van der Waals surface area contributed by atoms with Crippen molar-refractivity contribution < 1.29 is 9.47 Å². The number of hydrogen-bond donors (Lipinski definition) is 0. The van der Waals surface area contributed by atoms with Gasteiger partial charge in [0.15, 0.2) is 0 Å². The van der Waals surface area contributed by atoms with Crippen LogP contribution in [-0.2, 0) is 9.47 Å². The number of ether oxygens (including phenoxy) is 2. The summed E-state index contributed by atoms with van der Waals surface area (Å²) in [4.78, 5) is 0. The van der Waals surface area contributed by atoms with Gasteiger partial charge in [-0.25, -0.2) is 0 Å². The molecule has 2 atom stereocenters. The minimum Gasteiger partial charge on any atom is -0.379 e. The van der Waals surface area contributed by atoms with E-state index in [1.165, 1.54) is 11.5 Å². The first kappa shape index (κ1) is 12.3. The van der Waals surface area contributed by atoms with E-state index >= 15 is 0 Å². The third kappa shape index (κ3) is 5.23. The molecule has 1 heterocycles. The predicted octanol–water partition coefficient (Wildman–Crippen LogP) is 2.71. The van der Waals surface area contributed by atoms with Gasteiger partial charge in [0.25, 0.3) is 0 Å². The van der Waals surface area contributed by atoms with Crippen molar-refractivity contribution in [2.24, 2.45) is 0 Å². The standard InChI is InChI=1S/C11H22O2S/c1-3-10(2)12-6-4-5-11-9-14-8-7-13-11/h10-11H,3-9H2,1-2H3. The minimum absolute atomic E-state index is 0.414. The fourth-order valence-corrected chi connectivity index (χ4v) is 2.32. The highest BCUT2D eigenvalue weighted by molar-refractivity contribution is 7.99. The van der Waals surface area contributed by atoms with E-state index in [2.05, 4.69) is 13.8 Å². The van der Waals surface area contributed by atoms with Crippen LogP contribution in [0.2, 0.25) is 0 Å². The van der Waals surface area contributed by atoms with Crippen molar-refractivity contribution >= 4 is 11.8 Å². The van der Waals surface area contributed by atoms with Gasteiger partial charge >= 0.3 is 0 Å². The van der Waals surface area contributed by atoms with Crippen molar-refractivity contribution in [3.63, 3.8) is 0 Å². The Kier molecular flexibility index (Phi) is 6.65. The lowest BCUT2D eigenvalue weighted by molar-refractivity contribution is 0.0365. The van der Waals surface area contributed by atoms with Gasteiger partial charge in [0, 0.05) is 18.1 Å². The number of thioether (sulfide) groups is 1. The number of rotatable bonds is 6. The molecule has 0 aromatic rings. The fraction of sp³-hybridized carbons (Fsp3) is 1.00. The van der Waals surface area contributed by atoms with Gasteiger partial charge in [-0.05, 0) is 26.2 Å². The lowest BCUT2D eigenvalue weighted by atomic mass is 10.2. The maximum atomic E-state index is 5.63. The van der Waals surface area contributed by atoms with Crippen LogP contribution in [0.1, 0.15) is 33.1 Å². The van der Waals surface area contributed by atoms with Crippen LogP contribution in [0.4, 0.5) is 0 Å². The smallest absolute Gasteiger partial charge is 0.0666 e. The summed E-state index contributed by atoms with van der Waals surface area (Å²) in [5.74, 6) is 2.34. The molecule has 1 rings (SSSR count). The van der Waals surface area contributed by atoms with Crippen LogP contribution in [0.5, 0.6) is 0 Å². The molecule has 0 spiro atoms. The van der Waals surface area contributed by atoms with Crippen molar-refractivity contribution in [2.75, 3.05) is 24.7 Å². The summed E-state index contributed by atoms with van der Waals surface area (Å²) in [6, 6.07) is 0. The molecule has 0 N–H and O–H groups in total. The average Bonchev–Trinajstić information content (AvgIpc) is 2.25. The van der Waals surface area contributed by atoms with Gasteiger partial charge in [0.2, 0.25) is 0 Å². The highest BCUT2D eigenvalue weighted by atomic mass is 32.2. The van der Waals surface area contributed by atoms with E-state index in [-0.39, 0.29) is 0 Å². The molecule has 0 aliphatic carbocycles. The minimum atomic E-state index is 0.414. The molecule has 1 saturated heterocycles. The second-order valence-electron chi connectivity index (χ2n) is 3.80. The molecule has 0 radical (unpaired) electrons. The maximum Gasteiger partial charge on any atom is 0.0666 e. The molecular formula is C11H22O2S. The Balaban J connectivity index is 1.92. The van der Waals surface area contributed by atoms with Crippen molar-refractivity contribution in [3.8, 4) is 0 Å². The fourth-order valence-electron chi connectivity index (χ4n) is 1.42. The molecule has 2 unspecified atom stereocenters. The van der Waals surface area contributed by atoms with Gasteiger partial charge in [-0.3, -0.25) is 0 Å². The first-order valence-electron chi connectivity index (χ1n) is 5.64. The molecule has 0 saturated carbocycles. The Bertz CT molecular complexity index is 135. The van der Waals surface area contributed by atoms with Crippen LogP contribution in [0.3, 0.4) is 0 Å². The summed E-state index contributed by atoms with van der Waals surface area (Å²) >= 11 is 2.01. The molecule has 0 aromatic carbocycles. The molecule has 3 heteroatoms. The molecule has 0 aromatic heterocycles. The zero-order chi connectivity index (χ0) is 10.2. The highest BCUT2D eigenvalue weighted by Crippen LogP contribution is 2.16. The quantitative estimate of drug-likeness (QED) is 0.639. The van der Waals surface area contributed by atoms with Crippen LogP contribution in [0.15, 0.2) is 0 Å². The normalized spacial score (nSPS) is 24.9. The molecular weight excluding hydrogens is 196 g/mol. The van der Waals surface area contributed by atoms with Crippen LogP contribution < -0.4 is 0 Å². The Morgan fingerprint density at radius 3 is 3.07 bits per heavy atom. The third-order valence-electron chi connectivity index (χ3n) is 2.53. The van der Waals surface area contributed by atoms with Crippen LogP contribution in [0.25, 0.3) is 0 Å². The number of hydrogen-bond acceptors (Lipinski definition) is 3. The first-order valence-corrected chi connectivity index (χ1v) is 6.79. The maximum absolute atomic E-state index is 5.63. The molecule has 1 aliphatic heterocycles. The Morgan fingerprint density at radius 2 is 2.43 bits per heavy atom. The van der Waals surface area contributed by atoms with E-state index in [4.69, 9.17) is 9.47 Å². The van der Waals surface area contributed by atoms with Gasteiger partial charge in [-0.2, -0.15) is 11.8 Å². The third-order valence-corrected chi connectivity index (χ3v) is 3.60. The summed E-state index contributed by atoms with van der Waals surface area (Å²) in [5.41, 5.74) is 0. The van der Waals surface area contributed by atoms with Gasteiger partial charge in [-0.1, -0.05) is 6.92 Å². The summed E-state index contributed by atoms with van der Waals surface area (Å²) in [6.07, 6.45) is 4.29. The largest absolute Gasteiger partial charge is 0.379 e. The summed E-state index contributed by atoms with van der Waals surface area (Å²) in [6.45, 7) is 6.11.